The number of imidazole rings is 1. The number of nitrogens with zero attached hydrogens (tertiary/aromatic N) is 4. The number of amides is 1. The third-order valence-electron chi connectivity index (χ3n) is 2.75. The number of hydrogen-bond donors (Lipinski definition) is 1. The van der Waals surface area contributed by atoms with Gasteiger partial charge in [0.25, 0.3) is 5.91 Å². The molecule has 1 aromatic carbocycles. The Morgan fingerprint density at radius 2 is 1.95 bits per heavy atom. The van der Waals surface area contributed by atoms with E-state index in [1.54, 1.807) is 41.7 Å². The van der Waals surface area contributed by atoms with Crippen molar-refractivity contribution in [2.45, 2.75) is 0 Å². The second kappa shape index (κ2) is 6.00. The van der Waals surface area contributed by atoms with Gasteiger partial charge in [0.1, 0.15) is 6.33 Å². The monoisotopic (exact) mass is 391 g/mol. The number of carbonyl (C=O) groups is 1. The molecule has 0 saturated heterocycles. The van der Waals surface area contributed by atoms with Crippen molar-refractivity contribution >= 4 is 34.2 Å². The average molecular weight is 391 g/mol. The van der Waals surface area contributed by atoms with E-state index in [-0.39, 0.29) is 5.91 Å². The van der Waals surface area contributed by atoms with Crippen molar-refractivity contribution in [1.29, 1.82) is 0 Å². The number of nitrogens with one attached hydrogen (secondary N) is 1. The molecule has 0 aliphatic heterocycles. The van der Waals surface area contributed by atoms with Gasteiger partial charge >= 0.3 is 0 Å². The Morgan fingerprint density at radius 3 is 2.62 bits per heavy atom. The SMILES string of the molecule is O=C(Nc1cnc(-n2ccnc2)nc1)c1ccccc1I. The maximum Gasteiger partial charge on any atom is 0.256 e. The van der Waals surface area contributed by atoms with Crippen LogP contribution in [0.15, 0.2) is 55.4 Å². The summed E-state index contributed by atoms with van der Waals surface area (Å²) in [6, 6.07) is 7.38. The van der Waals surface area contributed by atoms with Crippen molar-refractivity contribution in [2.75, 3.05) is 5.32 Å². The van der Waals surface area contributed by atoms with Crippen LogP contribution in [-0.4, -0.2) is 25.4 Å². The van der Waals surface area contributed by atoms with Crippen LogP contribution in [-0.2, 0) is 0 Å². The predicted octanol–water partition coefficient (Wildman–Crippen LogP) is 2.52. The number of carbonyl (C=O) groups excluding carboxylic acids is 1. The molecule has 0 atom stereocenters. The molecule has 3 aromatic rings. The zero-order chi connectivity index (χ0) is 14.7. The first-order valence-electron chi connectivity index (χ1n) is 6.10. The van der Waals surface area contributed by atoms with Gasteiger partial charge in [0, 0.05) is 16.0 Å². The van der Waals surface area contributed by atoms with Gasteiger partial charge in [-0.05, 0) is 34.7 Å². The van der Waals surface area contributed by atoms with E-state index in [9.17, 15) is 4.79 Å². The molecule has 2 heterocycles. The summed E-state index contributed by atoms with van der Waals surface area (Å²) in [5.41, 5.74) is 1.17. The molecule has 1 N–H and O–H groups in total. The molecule has 0 aliphatic rings. The molecular formula is C14H10IN5O. The van der Waals surface area contributed by atoms with Crippen LogP contribution in [0.5, 0.6) is 0 Å². The smallest absolute Gasteiger partial charge is 0.256 e. The Balaban J connectivity index is 1.77. The Bertz CT molecular complexity index is 755. The molecule has 6 nitrogen and oxygen atoms in total. The van der Waals surface area contributed by atoms with Gasteiger partial charge in [0.15, 0.2) is 0 Å². The first kappa shape index (κ1) is 13.7. The molecule has 1 amide bonds. The normalized spacial score (nSPS) is 10.3. The van der Waals surface area contributed by atoms with Crippen LogP contribution in [0.4, 0.5) is 5.69 Å². The van der Waals surface area contributed by atoms with Gasteiger partial charge in [-0.2, -0.15) is 0 Å². The summed E-state index contributed by atoms with van der Waals surface area (Å²) >= 11 is 2.13. The maximum absolute atomic E-state index is 12.2. The van der Waals surface area contributed by atoms with Gasteiger partial charge in [-0.1, -0.05) is 12.1 Å². The second-order valence-electron chi connectivity index (χ2n) is 4.18. The lowest BCUT2D eigenvalue weighted by Crippen LogP contribution is -2.14. The van der Waals surface area contributed by atoms with Crippen molar-refractivity contribution in [3.8, 4) is 5.95 Å². The third-order valence-corrected chi connectivity index (χ3v) is 3.69. The third kappa shape index (κ3) is 3.07. The Morgan fingerprint density at radius 1 is 1.19 bits per heavy atom. The molecule has 2 aromatic heterocycles. The van der Waals surface area contributed by atoms with E-state index in [0.717, 1.165) is 3.57 Å². The summed E-state index contributed by atoms with van der Waals surface area (Å²) in [5, 5.41) is 2.78. The van der Waals surface area contributed by atoms with Gasteiger partial charge in [0.05, 0.1) is 23.6 Å². The molecule has 21 heavy (non-hydrogen) atoms. The highest BCUT2D eigenvalue weighted by Crippen LogP contribution is 2.14. The Hall–Kier alpha value is -2.29. The molecule has 0 bridgehead atoms. The summed E-state index contributed by atoms with van der Waals surface area (Å²) in [7, 11) is 0. The fourth-order valence-corrected chi connectivity index (χ4v) is 2.37. The first-order valence-corrected chi connectivity index (χ1v) is 7.18. The van der Waals surface area contributed by atoms with Gasteiger partial charge in [-0.15, -0.1) is 0 Å². The minimum Gasteiger partial charge on any atom is -0.319 e. The van der Waals surface area contributed by atoms with Crippen molar-refractivity contribution in [2.24, 2.45) is 0 Å². The van der Waals surface area contributed by atoms with E-state index >= 15 is 0 Å². The number of anilines is 1. The number of halogens is 1. The lowest BCUT2D eigenvalue weighted by atomic mass is 10.2. The maximum atomic E-state index is 12.2. The molecular weight excluding hydrogens is 381 g/mol. The predicted molar refractivity (Wildman–Crippen MR) is 86.3 cm³/mol. The number of hydrogen-bond acceptors (Lipinski definition) is 4. The van der Waals surface area contributed by atoms with Crippen molar-refractivity contribution in [3.63, 3.8) is 0 Å². The van der Waals surface area contributed by atoms with Gasteiger partial charge in [-0.3, -0.25) is 9.36 Å². The van der Waals surface area contributed by atoms with Crippen LogP contribution in [0.3, 0.4) is 0 Å². The number of rotatable bonds is 3. The molecule has 0 radical (unpaired) electrons. The van der Waals surface area contributed by atoms with Crippen LogP contribution < -0.4 is 5.32 Å². The quantitative estimate of drug-likeness (QED) is 0.697. The molecule has 104 valence electrons. The van der Waals surface area contributed by atoms with Crippen molar-refractivity contribution in [1.82, 2.24) is 19.5 Å². The number of aromatic nitrogens is 4. The van der Waals surface area contributed by atoms with E-state index < -0.39 is 0 Å². The Labute approximate surface area is 134 Å². The molecule has 0 saturated carbocycles. The van der Waals surface area contributed by atoms with E-state index in [4.69, 9.17) is 0 Å². The summed E-state index contributed by atoms with van der Waals surface area (Å²) in [6.45, 7) is 0. The number of benzene rings is 1. The van der Waals surface area contributed by atoms with Crippen LogP contribution in [0, 0.1) is 3.57 Å². The molecule has 0 aliphatic carbocycles. The van der Waals surface area contributed by atoms with Gasteiger partial charge in [-0.25, -0.2) is 15.0 Å². The van der Waals surface area contributed by atoms with Crippen LogP contribution in [0.25, 0.3) is 5.95 Å². The minimum atomic E-state index is -0.181. The second-order valence-corrected chi connectivity index (χ2v) is 5.34. The molecule has 0 unspecified atom stereocenters. The van der Waals surface area contributed by atoms with Crippen LogP contribution in [0.1, 0.15) is 10.4 Å². The summed E-state index contributed by atoms with van der Waals surface area (Å²) in [6.07, 6.45) is 8.14. The topological polar surface area (TPSA) is 72.7 Å². The van der Waals surface area contributed by atoms with E-state index in [1.807, 2.05) is 18.2 Å². The van der Waals surface area contributed by atoms with Crippen molar-refractivity contribution < 1.29 is 4.79 Å². The summed E-state index contributed by atoms with van der Waals surface area (Å²) in [4.78, 5) is 24.5. The zero-order valence-electron chi connectivity index (χ0n) is 10.8. The highest BCUT2D eigenvalue weighted by molar-refractivity contribution is 14.1. The fourth-order valence-electron chi connectivity index (χ4n) is 1.74. The fraction of sp³-hybridized carbons (Fsp3) is 0. The summed E-state index contributed by atoms with van der Waals surface area (Å²) in [5.74, 6) is 0.318. The zero-order valence-corrected chi connectivity index (χ0v) is 12.9. The van der Waals surface area contributed by atoms with E-state index in [0.29, 0.717) is 17.2 Å². The highest BCUT2D eigenvalue weighted by atomic mass is 127. The Kier molecular flexibility index (Phi) is 3.91. The van der Waals surface area contributed by atoms with Gasteiger partial charge in [0.2, 0.25) is 5.95 Å². The highest BCUT2D eigenvalue weighted by Gasteiger charge is 2.10. The largest absolute Gasteiger partial charge is 0.319 e. The van der Waals surface area contributed by atoms with Crippen LogP contribution in [0.2, 0.25) is 0 Å². The van der Waals surface area contributed by atoms with Gasteiger partial charge < -0.3 is 5.32 Å². The van der Waals surface area contributed by atoms with Crippen molar-refractivity contribution in [3.05, 3.63) is 64.5 Å². The minimum absolute atomic E-state index is 0.181. The lowest BCUT2D eigenvalue weighted by Gasteiger charge is -2.07. The first-order chi connectivity index (χ1) is 10.2. The average Bonchev–Trinajstić information content (AvgIpc) is 3.02. The molecule has 7 heteroatoms. The van der Waals surface area contributed by atoms with E-state index in [1.165, 1.54) is 0 Å². The standard InChI is InChI=1S/C14H10IN5O/c15-12-4-2-1-3-11(12)13(21)19-10-7-17-14(18-8-10)20-6-5-16-9-20/h1-9H,(H,19,21). The van der Waals surface area contributed by atoms with Crippen LogP contribution >= 0.6 is 22.6 Å². The van der Waals surface area contributed by atoms with E-state index in [2.05, 4.69) is 42.9 Å². The molecule has 0 fully saturated rings. The lowest BCUT2D eigenvalue weighted by molar-refractivity contribution is 0.102. The molecule has 3 rings (SSSR count). The molecule has 0 spiro atoms. The summed E-state index contributed by atoms with van der Waals surface area (Å²) < 4.78 is 2.58.